The molecule has 3 aromatic heterocycles. The summed E-state index contributed by atoms with van der Waals surface area (Å²) in [5.41, 5.74) is 10.3. The number of para-hydroxylation sites is 4. The highest BCUT2D eigenvalue weighted by Crippen LogP contribution is 2.38. The molecule has 5 heteroatoms. The summed E-state index contributed by atoms with van der Waals surface area (Å²) < 4.78 is 4.64. The van der Waals surface area contributed by atoms with Crippen LogP contribution < -0.4 is 10.4 Å². The molecule has 0 aliphatic carbocycles. The monoisotopic (exact) mass is 654 g/mol. The highest BCUT2D eigenvalue weighted by atomic mass is 28.3. The lowest BCUT2D eigenvalue weighted by Crippen LogP contribution is -2.37. The summed E-state index contributed by atoms with van der Waals surface area (Å²) in [6.45, 7) is 2.46. The van der Waals surface area contributed by atoms with E-state index in [0.717, 1.165) is 33.7 Å². The van der Waals surface area contributed by atoms with Crippen LogP contribution in [0.15, 0.2) is 158 Å². The van der Waals surface area contributed by atoms with Gasteiger partial charge in [0.2, 0.25) is 5.95 Å². The number of hydrogen-bond donors (Lipinski definition) is 0. The topological polar surface area (TPSA) is 35.6 Å². The molecule has 1 aliphatic rings. The Labute approximate surface area is 290 Å². The van der Waals surface area contributed by atoms with Crippen molar-refractivity contribution in [2.24, 2.45) is 0 Å². The third-order valence-corrected chi connectivity index (χ3v) is 13.7. The maximum absolute atomic E-state index is 5.60. The molecule has 0 saturated heterocycles. The summed E-state index contributed by atoms with van der Waals surface area (Å²) in [5.74, 6) is 0.713. The number of benzene rings is 7. The van der Waals surface area contributed by atoms with Crippen LogP contribution in [0.4, 0.5) is 0 Å². The van der Waals surface area contributed by atoms with Gasteiger partial charge in [0.15, 0.2) is 0 Å². The first kappa shape index (κ1) is 27.6. The molecule has 234 valence electrons. The fourth-order valence-electron chi connectivity index (χ4n) is 8.62. The third-order valence-electron chi connectivity index (χ3n) is 10.8. The van der Waals surface area contributed by atoms with Gasteiger partial charge in [-0.15, -0.1) is 0 Å². The molecule has 0 saturated carbocycles. The second-order valence-corrected chi connectivity index (χ2v) is 16.0. The summed E-state index contributed by atoms with van der Waals surface area (Å²) in [5, 5.41) is 10.3. The van der Waals surface area contributed by atoms with E-state index in [1.54, 1.807) is 0 Å². The van der Waals surface area contributed by atoms with Crippen LogP contribution >= 0.6 is 0 Å². The first-order valence-corrected chi connectivity index (χ1v) is 19.6. The Bertz CT molecular complexity index is 2960. The number of rotatable bonds is 3. The minimum absolute atomic E-state index is 0.713. The molecule has 0 amide bonds. The maximum atomic E-state index is 5.60. The van der Waals surface area contributed by atoms with E-state index in [9.17, 15) is 0 Å². The molecule has 0 spiro atoms. The standard InChI is InChI=1S/C45H30N4Si/c1-50-43-31-16-6-5-13-28(31)23-25-35(43)42-44(50)41(46-45(47-42)49-38-21-11-7-17-32(38)33-18-8-12-22-39(33)49)29-24-26-40-36(27-29)34-19-9-10-20-37(34)48(40)30-14-3-2-4-15-30/h2-27,50H,1H3. The van der Waals surface area contributed by atoms with E-state index in [1.165, 1.54) is 59.3 Å². The van der Waals surface area contributed by atoms with Gasteiger partial charge in [0.25, 0.3) is 0 Å². The van der Waals surface area contributed by atoms with E-state index in [4.69, 9.17) is 9.97 Å². The minimum atomic E-state index is -1.70. The zero-order chi connectivity index (χ0) is 32.9. The van der Waals surface area contributed by atoms with Gasteiger partial charge >= 0.3 is 0 Å². The Morgan fingerprint density at radius 1 is 0.440 bits per heavy atom. The van der Waals surface area contributed by atoms with Crippen molar-refractivity contribution >= 4 is 73.6 Å². The van der Waals surface area contributed by atoms with E-state index < -0.39 is 8.80 Å². The molecule has 50 heavy (non-hydrogen) atoms. The predicted octanol–water partition coefficient (Wildman–Crippen LogP) is 9.44. The summed E-state index contributed by atoms with van der Waals surface area (Å²) in [4.78, 5) is 11.1. The second kappa shape index (κ2) is 10.3. The summed E-state index contributed by atoms with van der Waals surface area (Å²) in [6, 6.07) is 57.0. The number of nitrogens with zero attached hydrogens (tertiary/aromatic N) is 4. The van der Waals surface area contributed by atoms with Gasteiger partial charge in [0.05, 0.1) is 33.5 Å². The van der Waals surface area contributed by atoms with E-state index in [-0.39, 0.29) is 0 Å². The zero-order valence-corrected chi connectivity index (χ0v) is 28.5. The molecule has 4 heterocycles. The highest BCUT2D eigenvalue weighted by Gasteiger charge is 2.34. The average Bonchev–Trinajstić information content (AvgIpc) is 3.80. The lowest BCUT2D eigenvalue weighted by molar-refractivity contribution is 1.00. The van der Waals surface area contributed by atoms with Gasteiger partial charge in [-0.05, 0) is 63.6 Å². The molecular formula is C45H30N4Si. The van der Waals surface area contributed by atoms with Gasteiger partial charge in [-0.1, -0.05) is 122 Å². The van der Waals surface area contributed by atoms with Crippen molar-refractivity contribution < 1.29 is 0 Å². The zero-order valence-electron chi connectivity index (χ0n) is 27.4. The van der Waals surface area contributed by atoms with Gasteiger partial charge in [-0.2, -0.15) is 0 Å². The van der Waals surface area contributed by atoms with Crippen LogP contribution in [0.1, 0.15) is 0 Å². The molecule has 4 nitrogen and oxygen atoms in total. The molecule has 0 N–H and O–H groups in total. The molecule has 11 rings (SSSR count). The molecule has 1 atom stereocenters. The van der Waals surface area contributed by atoms with E-state index in [0.29, 0.717) is 5.95 Å². The van der Waals surface area contributed by atoms with Crippen molar-refractivity contribution in [2.75, 3.05) is 0 Å². The molecule has 1 unspecified atom stereocenters. The lowest BCUT2D eigenvalue weighted by atomic mass is 10.0. The second-order valence-electron chi connectivity index (χ2n) is 13.4. The van der Waals surface area contributed by atoms with Crippen LogP contribution in [0.3, 0.4) is 0 Å². The molecule has 0 radical (unpaired) electrons. The predicted molar refractivity (Wildman–Crippen MR) is 211 cm³/mol. The van der Waals surface area contributed by atoms with Crippen LogP contribution in [-0.4, -0.2) is 27.9 Å². The van der Waals surface area contributed by atoms with Gasteiger partial charge in [0, 0.05) is 38.4 Å². The quantitative estimate of drug-likeness (QED) is 0.178. The normalized spacial score (nSPS) is 13.9. The molecule has 7 aromatic carbocycles. The van der Waals surface area contributed by atoms with Crippen LogP contribution in [0.25, 0.3) is 88.5 Å². The summed E-state index contributed by atoms with van der Waals surface area (Å²) >= 11 is 0. The minimum Gasteiger partial charge on any atom is -0.309 e. The number of fused-ring (bicyclic) bond motifs is 11. The first-order valence-electron chi connectivity index (χ1n) is 17.3. The van der Waals surface area contributed by atoms with Gasteiger partial charge < -0.3 is 4.57 Å². The van der Waals surface area contributed by atoms with Crippen LogP contribution in [0, 0.1) is 0 Å². The van der Waals surface area contributed by atoms with Gasteiger partial charge in [-0.25, -0.2) is 9.97 Å². The van der Waals surface area contributed by atoms with Crippen molar-refractivity contribution in [1.29, 1.82) is 0 Å². The summed E-state index contributed by atoms with van der Waals surface area (Å²) in [7, 11) is -1.70. The van der Waals surface area contributed by atoms with Gasteiger partial charge in [0.1, 0.15) is 8.80 Å². The van der Waals surface area contributed by atoms with Gasteiger partial charge in [-0.3, -0.25) is 4.57 Å². The fraction of sp³-hybridized carbons (Fsp3) is 0.0222. The third kappa shape index (κ3) is 3.75. The Morgan fingerprint density at radius 3 is 1.72 bits per heavy atom. The molecule has 0 fully saturated rings. The van der Waals surface area contributed by atoms with Crippen molar-refractivity contribution in [1.82, 2.24) is 19.1 Å². The van der Waals surface area contributed by atoms with E-state index in [1.807, 2.05) is 0 Å². The summed E-state index contributed by atoms with van der Waals surface area (Å²) in [6.07, 6.45) is 0. The Morgan fingerprint density at radius 2 is 1.00 bits per heavy atom. The highest BCUT2D eigenvalue weighted by molar-refractivity contribution is 6.91. The molecule has 1 aliphatic heterocycles. The van der Waals surface area contributed by atoms with Crippen molar-refractivity contribution in [3.8, 4) is 34.2 Å². The Hall–Kier alpha value is -6.30. The van der Waals surface area contributed by atoms with Crippen molar-refractivity contribution in [2.45, 2.75) is 6.55 Å². The number of aromatic nitrogens is 4. The number of hydrogen-bond acceptors (Lipinski definition) is 2. The maximum Gasteiger partial charge on any atom is 0.235 e. The molecular weight excluding hydrogens is 625 g/mol. The molecule has 0 bridgehead atoms. The largest absolute Gasteiger partial charge is 0.309 e. The van der Waals surface area contributed by atoms with Crippen LogP contribution in [0.5, 0.6) is 0 Å². The Balaban J connectivity index is 1.24. The lowest BCUT2D eigenvalue weighted by Gasteiger charge is -2.15. The SMILES string of the molecule is C[SiH]1c2c(-c3ccc4c(c3)c3ccccc3n4-c3ccccc3)nc(-n3c4ccccc4c4ccccc43)nc2-c2ccc3ccccc3c21. The Kier molecular flexibility index (Phi) is 5.72. The average molecular weight is 655 g/mol. The smallest absolute Gasteiger partial charge is 0.235 e. The van der Waals surface area contributed by atoms with E-state index >= 15 is 0 Å². The van der Waals surface area contributed by atoms with Crippen molar-refractivity contribution in [3.63, 3.8) is 0 Å². The van der Waals surface area contributed by atoms with E-state index in [2.05, 4.69) is 173 Å². The first-order chi connectivity index (χ1) is 24.7. The van der Waals surface area contributed by atoms with Crippen molar-refractivity contribution in [3.05, 3.63) is 158 Å². The molecule has 10 aromatic rings. The van der Waals surface area contributed by atoms with Crippen LogP contribution in [-0.2, 0) is 0 Å². The van der Waals surface area contributed by atoms with Crippen LogP contribution in [0.2, 0.25) is 6.55 Å². The fourth-order valence-corrected chi connectivity index (χ4v) is 11.6.